The van der Waals surface area contributed by atoms with Gasteiger partial charge >= 0.3 is 0 Å². The maximum atomic E-state index is 12.1. The van der Waals surface area contributed by atoms with E-state index in [0.29, 0.717) is 60.1 Å². The zero-order chi connectivity index (χ0) is 29.6. The predicted octanol–water partition coefficient (Wildman–Crippen LogP) is 3.44. The van der Waals surface area contributed by atoms with Crippen LogP contribution >= 0.6 is 11.3 Å². The fourth-order valence-electron chi connectivity index (χ4n) is 6.31. The standard InChI is InChI=1S/C30H37N9O2S/c1-5-24(40)39-14-12-37(13-15-39)20-16-22(33-23(17-20)38-10-8-36(4)9-11-38)28-34-29(41-35-28)30(3)7-6-19(2)26-25(30)21(18-31)27(32)42-26/h5,16-17,19H,1,6-15,32H2,2-4H3. The van der Waals surface area contributed by atoms with Gasteiger partial charge in [0.2, 0.25) is 17.6 Å². The Bertz CT molecular complexity index is 1540. The van der Waals surface area contributed by atoms with Crippen LogP contribution in [0.15, 0.2) is 29.3 Å². The molecule has 1 amide bonds. The third-order valence-electron chi connectivity index (χ3n) is 9.03. The van der Waals surface area contributed by atoms with E-state index < -0.39 is 5.41 Å². The Labute approximate surface area is 250 Å². The molecule has 220 valence electrons. The molecule has 6 rings (SSSR count). The number of thiophene rings is 1. The van der Waals surface area contributed by atoms with Gasteiger partial charge in [0.1, 0.15) is 22.6 Å². The smallest absolute Gasteiger partial charge is 0.246 e. The summed E-state index contributed by atoms with van der Waals surface area (Å²) in [5, 5.41) is 14.9. The zero-order valence-corrected chi connectivity index (χ0v) is 25.3. The fourth-order valence-corrected chi connectivity index (χ4v) is 7.55. The van der Waals surface area contributed by atoms with E-state index in [1.165, 1.54) is 17.4 Å². The van der Waals surface area contributed by atoms with Crippen LogP contribution in [0, 0.1) is 11.3 Å². The summed E-state index contributed by atoms with van der Waals surface area (Å²) in [5.41, 5.74) is 8.78. The molecule has 2 saturated heterocycles. The summed E-state index contributed by atoms with van der Waals surface area (Å²) in [7, 11) is 2.13. The van der Waals surface area contributed by atoms with Crippen molar-refractivity contribution in [2.45, 2.75) is 38.0 Å². The average Bonchev–Trinajstić information content (AvgIpc) is 3.65. The Balaban J connectivity index is 1.36. The van der Waals surface area contributed by atoms with Crippen LogP contribution in [0.2, 0.25) is 0 Å². The third-order valence-corrected chi connectivity index (χ3v) is 10.3. The second-order valence-corrected chi connectivity index (χ2v) is 12.8. The lowest BCUT2D eigenvalue weighted by Gasteiger charge is -2.37. The minimum absolute atomic E-state index is 0.0387. The minimum Gasteiger partial charge on any atom is -0.389 e. The largest absolute Gasteiger partial charge is 0.389 e. The Morgan fingerprint density at radius 2 is 1.88 bits per heavy atom. The number of nitrogen functional groups attached to an aromatic ring is 1. The van der Waals surface area contributed by atoms with Gasteiger partial charge in [0, 0.05) is 74.6 Å². The third kappa shape index (κ3) is 4.90. The molecule has 1 aliphatic carbocycles. The van der Waals surface area contributed by atoms with Gasteiger partial charge < -0.3 is 29.9 Å². The number of nitrogens with zero attached hydrogens (tertiary/aromatic N) is 8. The highest BCUT2D eigenvalue weighted by atomic mass is 32.1. The molecule has 0 radical (unpaired) electrons. The molecule has 12 heteroatoms. The molecule has 0 saturated carbocycles. The fraction of sp³-hybridized carbons (Fsp3) is 0.500. The lowest BCUT2D eigenvalue weighted by Crippen LogP contribution is -2.48. The van der Waals surface area contributed by atoms with E-state index in [9.17, 15) is 10.1 Å². The van der Waals surface area contributed by atoms with Crippen molar-refractivity contribution in [3.05, 3.63) is 46.7 Å². The van der Waals surface area contributed by atoms with Crippen molar-refractivity contribution in [1.82, 2.24) is 24.9 Å². The highest BCUT2D eigenvalue weighted by molar-refractivity contribution is 7.16. The van der Waals surface area contributed by atoms with Crippen LogP contribution in [0.4, 0.5) is 16.5 Å². The first kappa shape index (κ1) is 28.2. The molecule has 2 unspecified atom stereocenters. The molecule has 0 bridgehead atoms. The monoisotopic (exact) mass is 587 g/mol. The topological polar surface area (TPSA) is 132 Å². The molecule has 5 heterocycles. The SMILES string of the molecule is C=CC(=O)N1CCN(c2cc(-c3noc(C4(C)CCC(C)c5sc(N)c(C#N)c54)n3)nc(N3CCN(C)CC3)c2)CC1. The van der Waals surface area contributed by atoms with Gasteiger partial charge in [-0.25, -0.2) is 4.98 Å². The quantitative estimate of drug-likeness (QED) is 0.443. The van der Waals surface area contributed by atoms with E-state index in [4.69, 9.17) is 20.2 Å². The van der Waals surface area contributed by atoms with Gasteiger partial charge in [-0.15, -0.1) is 11.3 Å². The van der Waals surface area contributed by atoms with E-state index in [2.05, 4.69) is 59.5 Å². The van der Waals surface area contributed by atoms with E-state index >= 15 is 0 Å². The number of amides is 1. The van der Waals surface area contributed by atoms with Gasteiger partial charge in [-0.2, -0.15) is 10.2 Å². The molecule has 3 aromatic rings. The molecule has 42 heavy (non-hydrogen) atoms. The van der Waals surface area contributed by atoms with Gasteiger partial charge in [-0.05, 0) is 44.9 Å². The van der Waals surface area contributed by atoms with Crippen LogP contribution in [-0.4, -0.2) is 90.2 Å². The van der Waals surface area contributed by atoms with Crippen molar-refractivity contribution in [3.8, 4) is 17.6 Å². The Hall–Kier alpha value is -3.95. The predicted molar refractivity (Wildman–Crippen MR) is 164 cm³/mol. The lowest BCUT2D eigenvalue weighted by molar-refractivity contribution is -0.126. The highest BCUT2D eigenvalue weighted by Gasteiger charge is 2.45. The molecule has 11 nitrogen and oxygen atoms in total. The highest BCUT2D eigenvalue weighted by Crippen LogP contribution is 2.52. The second-order valence-electron chi connectivity index (χ2n) is 11.8. The van der Waals surface area contributed by atoms with E-state index in [0.717, 1.165) is 61.0 Å². The number of anilines is 3. The first-order valence-corrected chi connectivity index (χ1v) is 15.3. The van der Waals surface area contributed by atoms with Crippen LogP contribution in [-0.2, 0) is 10.2 Å². The molecule has 2 aliphatic heterocycles. The normalized spacial score (nSPS) is 23.0. The maximum Gasteiger partial charge on any atom is 0.246 e. The summed E-state index contributed by atoms with van der Waals surface area (Å²) in [6, 6.07) is 6.47. The first-order valence-electron chi connectivity index (χ1n) is 14.5. The van der Waals surface area contributed by atoms with Crippen molar-refractivity contribution < 1.29 is 9.32 Å². The number of pyridine rings is 1. The Morgan fingerprint density at radius 1 is 1.17 bits per heavy atom. The van der Waals surface area contributed by atoms with Crippen LogP contribution in [0.5, 0.6) is 0 Å². The molecular formula is C30H37N9O2S. The molecule has 0 spiro atoms. The minimum atomic E-state index is -0.613. The van der Waals surface area contributed by atoms with Crippen LogP contribution < -0.4 is 15.5 Å². The number of aromatic nitrogens is 3. The summed E-state index contributed by atoms with van der Waals surface area (Å²) in [5.74, 6) is 2.05. The summed E-state index contributed by atoms with van der Waals surface area (Å²) >= 11 is 1.50. The maximum absolute atomic E-state index is 12.1. The number of carbonyl (C=O) groups is 1. The van der Waals surface area contributed by atoms with Crippen LogP contribution in [0.25, 0.3) is 11.5 Å². The van der Waals surface area contributed by atoms with Crippen LogP contribution in [0.3, 0.4) is 0 Å². The Morgan fingerprint density at radius 3 is 2.57 bits per heavy atom. The number of hydrogen-bond donors (Lipinski definition) is 1. The van der Waals surface area contributed by atoms with Gasteiger partial charge in [-0.3, -0.25) is 4.79 Å². The van der Waals surface area contributed by atoms with Crippen molar-refractivity contribution >= 4 is 33.8 Å². The van der Waals surface area contributed by atoms with E-state index in [1.54, 1.807) is 0 Å². The summed E-state index contributed by atoms with van der Waals surface area (Å²) in [6.45, 7) is 14.2. The molecule has 2 atom stereocenters. The number of nitriles is 1. The molecule has 3 aromatic heterocycles. The van der Waals surface area contributed by atoms with Crippen molar-refractivity contribution in [2.75, 3.05) is 74.9 Å². The van der Waals surface area contributed by atoms with Gasteiger partial charge in [0.25, 0.3) is 0 Å². The summed E-state index contributed by atoms with van der Waals surface area (Å²) in [4.78, 5) is 31.9. The lowest BCUT2D eigenvalue weighted by atomic mass is 9.69. The van der Waals surface area contributed by atoms with Gasteiger partial charge in [-0.1, -0.05) is 18.7 Å². The van der Waals surface area contributed by atoms with E-state index in [-0.39, 0.29) is 5.91 Å². The zero-order valence-electron chi connectivity index (χ0n) is 24.5. The number of hydrogen-bond acceptors (Lipinski definition) is 11. The number of fused-ring (bicyclic) bond motifs is 1. The van der Waals surface area contributed by atoms with E-state index in [1.807, 2.05) is 11.0 Å². The summed E-state index contributed by atoms with van der Waals surface area (Å²) < 4.78 is 5.97. The van der Waals surface area contributed by atoms with Gasteiger partial charge in [0.15, 0.2) is 0 Å². The average molecular weight is 588 g/mol. The van der Waals surface area contributed by atoms with Crippen molar-refractivity contribution in [1.29, 1.82) is 5.26 Å². The second kappa shape index (κ2) is 11.0. The summed E-state index contributed by atoms with van der Waals surface area (Å²) in [6.07, 6.45) is 3.09. The molecule has 0 aromatic carbocycles. The number of likely N-dealkylation sites (N-methyl/N-ethyl adjacent to an activating group) is 1. The first-order chi connectivity index (χ1) is 20.2. The number of piperazine rings is 2. The molecular weight excluding hydrogens is 550 g/mol. The molecule has 2 fully saturated rings. The van der Waals surface area contributed by atoms with Crippen molar-refractivity contribution in [3.63, 3.8) is 0 Å². The Kier molecular flexibility index (Phi) is 7.41. The van der Waals surface area contributed by atoms with Gasteiger partial charge in [0.05, 0.1) is 11.0 Å². The molecule has 3 aliphatic rings. The number of rotatable bonds is 5. The number of carbonyl (C=O) groups excluding carboxylic acids is 1. The number of nitrogens with two attached hydrogens (primary N) is 1. The molecule has 2 N–H and O–H groups in total. The van der Waals surface area contributed by atoms with Crippen LogP contribution in [0.1, 0.15) is 54.5 Å². The van der Waals surface area contributed by atoms with Crippen molar-refractivity contribution in [2.24, 2.45) is 0 Å².